The van der Waals surface area contributed by atoms with Crippen molar-refractivity contribution in [3.8, 4) is 0 Å². The van der Waals surface area contributed by atoms with Crippen LogP contribution in [0.15, 0.2) is 0 Å². The number of aliphatic hydroxyl groups is 2. The number of rotatable bonds is 1. The van der Waals surface area contributed by atoms with E-state index in [1.165, 1.54) is 25.7 Å². The Kier molecular flexibility index (Phi) is 3.45. The van der Waals surface area contributed by atoms with Crippen molar-refractivity contribution in [1.29, 1.82) is 0 Å². The summed E-state index contributed by atoms with van der Waals surface area (Å²) >= 11 is 0. The Hall–Kier alpha value is -0.0800. The first-order chi connectivity index (χ1) is 6.79. The third-order valence-electron chi connectivity index (χ3n) is 4.11. The molecule has 2 rings (SSSR count). The fraction of sp³-hybridized carbons (Fsp3) is 1.00. The average molecular weight is 198 g/mol. The van der Waals surface area contributed by atoms with Crippen molar-refractivity contribution in [2.45, 2.75) is 63.6 Å². The van der Waals surface area contributed by atoms with Gasteiger partial charge in [0.25, 0.3) is 0 Å². The third-order valence-corrected chi connectivity index (χ3v) is 4.11. The van der Waals surface area contributed by atoms with Crippen LogP contribution in [0.4, 0.5) is 0 Å². The molecule has 0 saturated heterocycles. The molecule has 0 aliphatic heterocycles. The lowest BCUT2D eigenvalue weighted by atomic mass is 9.71. The maximum atomic E-state index is 9.93. The first-order valence-corrected chi connectivity index (χ1v) is 6.15. The fourth-order valence-electron chi connectivity index (χ4n) is 3.28. The zero-order chi connectivity index (χ0) is 9.97. The molecule has 2 N–H and O–H groups in total. The van der Waals surface area contributed by atoms with E-state index in [2.05, 4.69) is 0 Å². The molecule has 0 bridgehead atoms. The van der Waals surface area contributed by atoms with E-state index >= 15 is 0 Å². The largest absolute Gasteiger partial charge is 0.393 e. The summed E-state index contributed by atoms with van der Waals surface area (Å²) in [5, 5.41) is 19.9. The van der Waals surface area contributed by atoms with Crippen molar-refractivity contribution in [1.82, 2.24) is 0 Å². The Morgan fingerprint density at radius 3 is 1.29 bits per heavy atom. The Balaban J connectivity index is 1.96. The van der Waals surface area contributed by atoms with Crippen molar-refractivity contribution in [2.75, 3.05) is 0 Å². The molecule has 0 spiro atoms. The van der Waals surface area contributed by atoms with Gasteiger partial charge in [0.15, 0.2) is 0 Å². The van der Waals surface area contributed by atoms with Crippen LogP contribution in [0.5, 0.6) is 0 Å². The Bertz CT molecular complexity index is 161. The summed E-state index contributed by atoms with van der Waals surface area (Å²) in [6.45, 7) is 0. The van der Waals surface area contributed by atoms with Gasteiger partial charge >= 0.3 is 0 Å². The number of hydrogen-bond donors (Lipinski definition) is 2. The summed E-state index contributed by atoms with van der Waals surface area (Å²) in [6, 6.07) is 0. The molecule has 82 valence electrons. The van der Waals surface area contributed by atoms with E-state index in [4.69, 9.17) is 0 Å². The van der Waals surface area contributed by atoms with Crippen LogP contribution in [0, 0.1) is 11.8 Å². The minimum Gasteiger partial charge on any atom is -0.393 e. The van der Waals surface area contributed by atoms with Crippen LogP contribution in [0.25, 0.3) is 0 Å². The third kappa shape index (κ3) is 2.12. The average Bonchev–Trinajstić information content (AvgIpc) is 2.20. The van der Waals surface area contributed by atoms with Gasteiger partial charge in [-0.25, -0.2) is 0 Å². The number of aliphatic hydroxyl groups excluding tert-OH is 2. The molecule has 0 aromatic rings. The highest BCUT2D eigenvalue weighted by Crippen LogP contribution is 2.38. The molecule has 0 radical (unpaired) electrons. The van der Waals surface area contributed by atoms with Crippen molar-refractivity contribution in [2.24, 2.45) is 11.8 Å². The van der Waals surface area contributed by atoms with Crippen LogP contribution in [-0.2, 0) is 0 Å². The Morgan fingerprint density at radius 2 is 0.929 bits per heavy atom. The molecule has 0 aromatic carbocycles. The van der Waals surface area contributed by atoms with Gasteiger partial charge in [0.2, 0.25) is 0 Å². The predicted octanol–water partition coefficient (Wildman–Crippen LogP) is 2.09. The first-order valence-electron chi connectivity index (χ1n) is 6.15. The molecule has 2 aliphatic rings. The minimum atomic E-state index is -0.138. The monoisotopic (exact) mass is 198 g/mol. The highest BCUT2D eigenvalue weighted by atomic mass is 16.3. The highest BCUT2D eigenvalue weighted by molar-refractivity contribution is 4.86. The summed E-state index contributed by atoms with van der Waals surface area (Å²) in [7, 11) is 0. The van der Waals surface area contributed by atoms with Gasteiger partial charge in [-0.05, 0) is 37.5 Å². The second kappa shape index (κ2) is 4.63. The summed E-state index contributed by atoms with van der Waals surface area (Å²) in [5.74, 6) is 0.776. The lowest BCUT2D eigenvalue weighted by molar-refractivity contribution is -0.0325. The predicted molar refractivity (Wildman–Crippen MR) is 55.9 cm³/mol. The quantitative estimate of drug-likeness (QED) is 0.677. The summed E-state index contributed by atoms with van der Waals surface area (Å²) < 4.78 is 0. The van der Waals surface area contributed by atoms with Gasteiger partial charge in [0, 0.05) is 0 Å². The van der Waals surface area contributed by atoms with Crippen molar-refractivity contribution < 1.29 is 10.2 Å². The smallest absolute Gasteiger partial charge is 0.0572 e. The summed E-state index contributed by atoms with van der Waals surface area (Å²) in [6.07, 6.45) is 8.70. The molecule has 2 heteroatoms. The molecular weight excluding hydrogens is 176 g/mol. The van der Waals surface area contributed by atoms with Gasteiger partial charge in [0.1, 0.15) is 0 Å². The Morgan fingerprint density at radius 1 is 0.571 bits per heavy atom. The molecule has 2 nitrogen and oxygen atoms in total. The molecular formula is C12H22O2. The van der Waals surface area contributed by atoms with Gasteiger partial charge in [-0.1, -0.05) is 25.7 Å². The lowest BCUT2D eigenvalue weighted by Gasteiger charge is -2.39. The molecule has 2 saturated carbocycles. The normalized spacial score (nSPS) is 45.0. The van der Waals surface area contributed by atoms with Gasteiger partial charge in [-0.2, -0.15) is 0 Å². The maximum absolute atomic E-state index is 9.93. The van der Waals surface area contributed by atoms with E-state index in [0.717, 1.165) is 25.7 Å². The van der Waals surface area contributed by atoms with Crippen LogP contribution < -0.4 is 0 Å². The first kappa shape index (κ1) is 10.4. The second-order valence-corrected chi connectivity index (χ2v) is 5.03. The molecule has 0 amide bonds. The summed E-state index contributed by atoms with van der Waals surface area (Å²) in [5.41, 5.74) is 0. The van der Waals surface area contributed by atoms with Crippen LogP contribution in [-0.4, -0.2) is 22.4 Å². The van der Waals surface area contributed by atoms with E-state index in [1.54, 1.807) is 0 Å². The zero-order valence-electron chi connectivity index (χ0n) is 8.86. The molecule has 14 heavy (non-hydrogen) atoms. The SMILES string of the molecule is O[C@@H]1CCCC[C@H]1[C@@H]1CCCC[C@H]1O. The molecule has 0 aromatic heterocycles. The van der Waals surface area contributed by atoms with Crippen molar-refractivity contribution in [3.05, 3.63) is 0 Å². The zero-order valence-corrected chi connectivity index (χ0v) is 8.86. The van der Waals surface area contributed by atoms with E-state index in [1.807, 2.05) is 0 Å². The van der Waals surface area contributed by atoms with Crippen molar-refractivity contribution in [3.63, 3.8) is 0 Å². The van der Waals surface area contributed by atoms with Crippen LogP contribution in [0.2, 0.25) is 0 Å². The summed E-state index contributed by atoms with van der Waals surface area (Å²) in [4.78, 5) is 0. The molecule has 4 atom stereocenters. The van der Waals surface area contributed by atoms with Gasteiger partial charge < -0.3 is 10.2 Å². The molecule has 0 heterocycles. The lowest BCUT2D eigenvalue weighted by Crippen LogP contribution is -2.38. The fourth-order valence-corrected chi connectivity index (χ4v) is 3.28. The second-order valence-electron chi connectivity index (χ2n) is 5.03. The minimum absolute atomic E-state index is 0.138. The van der Waals surface area contributed by atoms with Gasteiger partial charge in [-0.15, -0.1) is 0 Å². The van der Waals surface area contributed by atoms with E-state index in [-0.39, 0.29) is 12.2 Å². The maximum Gasteiger partial charge on any atom is 0.0572 e. The topological polar surface area (TPSA) is 40.5 Å². The van der Waals surface area contributed by atoms with E-state index < -0.39 is 0 Å². The highest BCUT2D eigenvalue weighted by Gasteiger charge is 2.35. The van der Waals surface area contributed by atoms with E-state index in [9.17, 15) is 10.2 Å². The van der Waals surface area contributed by atoms with Crippen molar-refractivity contribution >= 4 is 0 Å². The number of hydrogen-bond acceptors (Lipinski definition) is 2. The van der Waals surface area contributed by atoms with Crippen LogP contribution >= 0.6 is 0 Å². The Labute approximate surface area is 86.3 Å². The molecule has 0 unspecified atom stereocenters. The molecule has 2 aliphatic carbocycles. The standard InChI is InChI=1S/C12H22O2/c13-11-7-3-1-5-9(11)10-6-2-4-8-12(10)14/h9-14H,1-8H2/t9-,10-,11+,12+/m0/s1. The van der Waals surface area contributed by atoms with E-state index in [0.29, 0.717) is 11.8 Å². The van der Waals surface area contributed by atoms with Gasteiger partial charge in [0.05, 0.1) is 12.2 Å². The molecule has 2 fully saturated rings. The van der Waals surface area contributed by atoms with Crippen LogP contribution in [0.1, 0.15) is 51.4 Å². The van der Waals surface area contributed by atoms with Crippen LogP contribution in [0.3, 0.4) is 0 Å². The van der Waals surface area contributed by atoms with Gasteiger partial charge in [-0.3, -0.25) is 0 Å².